The third kappa shape index (κ3) is 19.2. The van der Waals surface area contributed by atoms with Crippen molar-refractivity contribution in [3.8, 4) is 0 Å². The van der Waals surface area contributed by atoms with Crippen LogP contribution in [0.1, 0.15) is 145 Å². The molecular weight excluding hydrogens is 1090 g/mol. The van der Waals surface area contributed by atoms with Crippen LogP contribution in [-0.4, -0.2) is 234 Å². The highest BCUT2D eigenvalue weighted by molar-refractivity contribution is 6.09. The van der Waals surface area contributed by atoms with E-state index in [0.29, 0.717) is 0 Å². The summed E-state index contributed by atoms with van der Waals surface area (Å²) in [7, 11) is 0. The van der Waals surface area contributed by atoms with Gasteiger partial charge in [0.15, 0.2) is 0 Å². The third-order valence-corrected chi connectivity index (χ3v) is 13.1. The molecule has 1 aliphatic heterocycles. The summed E-state index contributed by atoms with van der Waals surface area (Å²) in [6, 6.07) is 23.0. The van der Waals surface area contributed by atoms with Gasteiger partial charge < -0.3 is 74.5 Å². The summed E-state index contributed by atoms with van der Waals surface area (Å²) in [6.07, 6.45) is -10.9. The topological polar surface area (TPSA) is 322 Å². The zero-order valence-corrected chi connectivity index (χ0v) is 48.6. The van der Waals surface area contributed by atoms with Gasteiger partial charge in [-0.05, 0) is 104 Å². The lowest BCUT2D eigenvalue weighted by Gasteiger charge is -2.37. The van der Waals surface area contributed by atoms with E-state index in [2.05, 4.69) is 0 Å². The molecule has 7 N–H and O–H groups in total. The average Bonchev–Trinajstić information content (AvgIpc) is 2.65. The van der Waals surface area contributed by atoms with Crippen molar-refractivity contribution in [3.05, 3.63) is 142 Å². The van der Waals surface area contributed by atoms with Crippen molar-refractivity contribution in [1.82, 2.24) is 24.5 Å². The molecular formula is C61H79N5O18. The van der Waals surface area contributed by atoms with Gasteiger partial charge in [-0.2, -0.15) is 0 Å². The molecule has 456 valence electrons. The fourth-order valence-electron chi connectivity index (χ4n) is 9.81. The fraction of sp³-hybridized carbons (Fsp3) is 0.475. The summed E-state index contributed by atoms with van der Waals surface area (Å²) in [5, 5.41) is 71.7. The molecule has 4 aromatic carbocycles. The molecule has 0 saturated carbocycles. The Balaban J connectivity index is 1.48. The normalized spacial score (nSPS) is 17.0. The summed E-state index contributed by atoms with van der Waals surface area (Å²) in [4.78, 5) is 120. The van der Waals surface area contributed by atoms with Gasteiger partial charge in [-0.15, -0.1) is 0 Å². The molecule has 1 saturated heterocycles. The van der Waals surface area contributed by atoms with Crippen LogP contribution in [0.25, 0.3) is 0 Å². The molecule has 0 bridgehead atoms. The summed E-state index contributed by atoms with van der Waals surface area (Å²) in [5.74, 6) is -6.62. The Bertz CT molecular complexity index is 2800. The second kappa shape index (κ2) is 31.3. The van der Waals surface area contributed by atoms with Crippen LogP contribution in [0.3, 0.4) is 0 Å². The number of rotatable bonds is 27. The highest BCUT2D eigenvalue weighted by Gasteiger charge is 2.38. The largest absolute Gasteiger partial charge is 0.457 e. The van der Waals surface area contributed by atoms with Crippen LogP contribution in [0, 0.1) is 0 Å². The maximum atomic E-state index is 15.1. The van der Waals surface area contributed by atoms with Gasteiger partial charge in [0.05, 0.1) is 107 Å². The predicted molar refractivity (Wildman–Crippen MR) is 305 cm³/mol. The van der Waals surface area contributed by atoms with Crippen molar-refractivity contribution >= 4 is 47.4 Å². The zero-order valence-electron chi connectivity index (χ0n) is 48.6. The molecule has 0 aliphatic carbocycles. The Hall–Kier alpha value is -7.64. The van der Waals surface area contributed by atoms with Gasteiger partial charge in [0, 0.05) is 52.2 Å². The molecule has 23 heteroatoms. The van der Waals surface area contributed by atoms with Crippen molar-refractivity contribution in [2.75, 3.05) is 65.4 Å². The number of aliphatic hydroxyl groups is 7. The van der Waals surface area contributed by atoms with Crippen LogP contribution < -0.4 is 0 Å². The van der Waals surface area contributed by atoms with E-state index in [-0.39, 0.29) is 116 Å². The van der Waals surface area contributed by atoms with Crippen molar-refractivity contribution in [1.29, 1.82) is 0 Å². The van der Waals surface area contributed by atoms with Crippen LogP contribution in [-0.2, 0) is 14.2 Å². The van der Waals surface area contributed by atoms with Crippen LogP contribution in [0.4, 0.5) is 0 Å². The van der Waals surface area contributed by atoms with Crippen LogP contribution in [0.5, 0.6) is 0 Å². The number of benzene rings is 4. The second-order valence-electron chi connectivity index (χ2n) is 21.7. The molecule has 4 aromatic rings. The van der Waals surface area contributed by atoms with Gasteiger partial charge >= 0.3 is 17.9 Å². The van der Waals surface area contributed by atoms with Gasteiger partial charge in [0.1, 0.15) is 18.3 Å². The number of amides is 5. The molecule has 84 heavy (non-hydrogen) atoms. The number of hydrogen-bond donors (Lipinski definition) is 7. The van der Waals surface area contributed by atoms with E-state index in [4.69, 9.17) is 14.2 Å². The van der Waals surface area contributed by atoms with E-state index in [1.165, 1.54) is 177 Å². The lowest BCUT2D eigenvalue weighted by Crippen LogP contribution is -2.51. The molecule has 5 rings (SSSR count). The lowest BCUT2D eigenvalue weighted by molar-refractivity contribution is -0.0372. The fourth-order valence-corrected chi connectivity index (χ4v) is 9.81. The van der Waals surface area contributed by atoms with Crippen molar-refractivity contribution in [3.63, 3.8) is 0 Å². The van der Waals surface area contributed by atoms with E-state index in [9.17, 15) is 69.3 Å². The number of ether oxygens (including phenoxy) is 3. The number of esters is 3. The first-order valence-corrected chi connectivity index (χ1v) is 27.9. The highest BCUT2D eigenvalue weighted by Crippen LogP contribution is 2.26. The van der Waals surface area contributed by atoms with Gasteiger partial charge in [0.25, 0.3) is 29.5 Å². The van der Waals surface area contributed by atoms with Gasteiger partial charge in [-0.25, -0.2) is 14.4 Å². The van der Waals surface area contributed by atoms with Crippen molar-refractivity contribution in [2.45, 2.75) is 123 Å². The molecule has 23 nitrogen and oxygen atoms in total. The molecule has 1 aliphatic rings. The number of hydrogen-bond acceptors (Lipinski definition) is 18. The van der Waals surface area contributed by atoms with Crippen molar-refractivity contribution in [2.24, 2.45) is 0 Å². The minimum Gasteiger partial charge on any atom is -0.457 e. The smallest absolute Gasteiger partial charge is 0.339 e. The van der Waals surface area contributed by atoms with Crippen LogP contribution in [0.15, 0.2) is 97.1 Å². The first kappa shape index (κ1) is 67.2. The second-order valence-corrected chi connectivity index (χ2v) is 21.7. The lowest BCUT2D eigenvalue weighted by atomic mass is 10.00. The van der Waals surface area contributed by atoms with E-state index < -0.39 is 108 Å². The standard InChI is InChI=1S/C61H79N5O18/c1-36(67)26-62(27-37(2)68)56(76)48-19-11-14-22-51(48)59(79)82-43(8)33-65(32-42(7)73)54(74)46-17-9-10-18-47(46)55(75)66-34-44(83-60(80)52-23-15-12-20-49(52)57(77)63(28-38(3)69)29-39(4)70)25-45(35-66)84-61(81)53-24-16-13-21-50(53)58(78)64(30-40(5)71)31-41(6)72/h9-24,36-45,67-73H,25-35H2,1-8H3. The molecule has 1 fully saturated rings. The van der Waals surface area contributed by atoms with E-state index in [1.54, 1.807) is 0 Å². The van der Waals surface area contributed by atoms with E-state index >= 15 is 4.79 Å². The molecule has 0 radical (unpaired) electrons. The Morgan fingerprint density at radius 2 is 0.619 bits per heavy atom. The predicted octanol–water partition coefficient (Wildman–Crippen LogP) is 2.66. The summed E-state index contributed by atoms with van der Waals surface area (Å²) in [5.41, 5.74) is -1.20. The minimum atomic E-state index is -1.27. The van der Waals surface area contributed by atoms with Gasteiger partial charge in [-0.3, -0.25) is 24.0 Å². The molecule has 0 spiro atoms. The van der Waals surface area contributed by atoms with Gasteiger partial charge in [0.2, 0.25) is 0 Å². The monoisotopic (exact) mass is 1170 g/mol. The van der Waals surface area contributed by atoms with Crippen molar-refractivity contribution < 1.29 is 88.3 Å². The van der Waals surface area contributed by atoms with Gasteiger partial charge in [-0.1, -0.05) is 48.5 Å². The summed E-state index contributed by atoms with van der Waals surface area (Å²) in [6.45, 7) is 9.30. The number of piperidine rings is 1. The SMILES string of the molecule is CC(O)CN(CC(C)O)C(=O)c1ccccc1C(=O)OC(C)CN(CC(C)O)C(=O)c1ccccc1C(=O)N1CC(OC(=O)c2ccccc2C(=O)N(CC(C)O)CC(C)O)CC(OC(=O)c2ccccc2C(=O)N(CC(C)O)CC(C)O)C1. The minimum absolute atomic E-state index is 0.0691. The van der Waals surface area contributed by atoms with Crippen LogP contribution >= 0.6 is 0 Å². The third-order valence-electron chi connectivity index (χ3n) is 13.1. The Labute approximate surface area is 488 Å². The summed E-state index contributed by atoms with van der Waals surface area (Å²) < 4.78 is 17.9. The molecule has 10 unspecified atom stereocenters. The Morgan fingerprint density at radius 1 is 0.381 bits per heavy atom. The molecule has 1 heterocycles. The first-order chi connectivity index (χ1) is 39.6. The number of aliphatic hydroxyl groups excluding tert-OH is 7. The average molecular weight is 1170 g/mol. The Morgan fingerprint density at radius 3 is 0.905 bits per heavy atom. The molecule has 10 atom stereocenters. The summed E-state index contributed by atoms with van der Waals surface area (Å²) >= 11 is 0. The maximum absolute atomic E-state index is 15.1. The molecule has 0 aromatic heterocycles. The number of likely N-dealkylation sites (tertiary alicyclic amines) is 1. The number of carbonyl (C=O) groups is 8. The van der Waals surface area contributed by atoms with Crippen LogP contribution in [0.2, 0.25) is 0 Å². The maximum Gasteiger partial charge on any atom is 0.339 e. The van der Waals surface area contributed by atoms with E-state index in [0.717, 1.165) is 0 Å². The Kier molecular flexibility index (Phi) is 25.0. The molecule has 5 amide bonds. The quantitative estimate of drug-likeness (QED) is 0.0333. The number of carbonyl (C=O) groups excluding carboxylic acids is 8. The first-order valence-electron chi connectivity index (χ1n) is 27.9. The number of nitrogens with zero attached hydrogens (tertiary/aromatic N) is 5. The van der Waals surface area contributed by atoms with E-state index in [1.807, 2.05) is 0 Å². The highest BCUT2D eigenvalue weighted by atomic mass is 16.6. The zero-order chi connectivity index (χ0) is 62.1.